The van der Waals surface area contributed by atoms with Crippen molar-refractivity contribution >= 4 is 11.3 Å². The van der Waals surface area contributed by atoms with E-state index >= 15 is 0 Å². The van der Waals surface area contributed by atoms with Crippen LogP contribution < -0.4 is 11.1 Å². The Labute approximate surface area is 87.3 Å². The summed E-state index contributed by atoms with van der Waals surface area (Å²) in [6.45, 7) is 1.08. The van der Waals surface area contributed by atoms with Crippen LogP contribution >= 0.6 is 0 Å². The molecule has 1 aliphatic rings. The fourth-order valence-electron chi connectivity index (χ4n) is 2.02. The van der Waals surface area contributed by atoms with Crippen LogP contribution in [-0.2, 0) is 0 Å². The first kappa shape index (κ1) is 8.67. The van der Waals surface area contributed by atoms with Crippen LogP contribution in [0, 0.1) is 0 Å². The minimum atomic E-state index is 0.382. The number of nitrogen functional groups attached to an aromatic ring is 1. The Bertz CT molecular complexity index is 484. The lowest BCUT2D eigenvalue weighted by molar-refractivity contribution is 0.620. The monoisotopic (exact) mass is 203 g/mol. The van der Waals surface area contributed by atoms with Gasteiger partial charge in [-0.15, -0.1) is 0 Å². The molecule has 5 nitrogen and oxygen atoms in total. The van der Waals surface area contributed by atoms with Gasteiger partial charge >= 0.3 is 0 Å². The first-order valence-corrected chi connectivity index (χ1v) is 5.17. The first-order valence-electron chi connectivity index (χ1n) is 5.17. The number of nitrogens with two attached hydrogens (primary N) is 1. The molecule has 0 spiro atoms. The third kappa shape index (κ3) is 1.45. The Morgan fingerprint density at radius 3 is 3.27 bits per heavy atom. The van der Waals surface area contributed by atoms with Gasteiger partial charge in [0.2, 0.25) is 0 Å². The number of fused-ring (bicyclic) bond motifs is 1. The lowest BCUT2D eigenvalue weighted by Gasteiger charge is -2.03. The quantitative estimate of drug-likeness (QED) is 0.717. The largest absolute Gasteiger partial charge is 0.396 e. The Morgan fingerprint density at radius 2 is 2.47 bits per heavy atom. The second-order valence-corrected chi connectivity index (χ2v) is 3.91. The molecule has 0 aromatic carbocycles. The number of rotatable bonds is 1. The Kier molecular flexibility index (Phi) is 1.85. The van der Waals surface area contributed by atoms with E-state index in [4.69, 9.17) is 5.73 Å². The zero-order valence-corrected chi connectivity index (χ0v) is 8.35. The maximum absolute atomic E-state index is 5.65. The number of nitrogens with one attached hydrogen (secondary N) is 1. The predicted octanol–water partition coefficient (Wildman–Crippen LogP) is 0.736. The van der Waals surface area contributed by atoms with Crippen LogP contribution in [0.2, 0.25) is 0 Å². The third-order valence-corrected chi connectivity index (χ3v) is 2.77. The lowest BCUT2D eigenvalue weighted by atomic mass is 10.2. The molecule has 1 aliphatic heterocycles. The van der Waals surface area contributed by atoms with Crippen LogP contribution in [0.3, 0.4) is 0 Å². The molecule has 3 heterocycles. The van der Waals surface area contributed by atoms with Crippen LogP contribution in [0.5, 0.6) is 0 Å². The van der Waals surface area contributed by atoms with Gasteiger partial charge in [0.05, 0.1) is 29.8 Å². The highest BCUT2D eigenvalue weighted by Gasteiger charge is 2.19. The van der Waals surface area contributed by atoms with E-state index in [2.05, 4.69) is 15.4 Å². The van der Waals surface area contributed by atoms with Crippen molar-refractivity contribution in [3.8, 4) is 0 Å². The van der Waals surface area contributed by atoms with Crippen molar-refractivity contribution in [2.75, 3.05) is 12.3 Å². The van der Waals surface area contributed by atoms with E-state index in [0.29, 0.717) is 11.7 Å². The van der Waals surface area contributed by atoms with Gasteiger partial charge in [0.1, 0.15) is 0 Å². The summed E-state index contributed by atoms with van der Waals surface area (Å²) in [6, 6.07) is 2.40. The Balaban J connectivity index is 2.05. The van der Waals surface area contributed by atoms with Crippen molar-refractivity contribution in [2.45, 2.75) is 18.9 Å². The molecule has 0 radical (unpaired) electrons. The first-order chi connectivity index (χ1) is 7.33. The van der Waals surface area contributed by atoms with E-state index in [1.54, 1.807) is 16.9 Å². The summed E-state index contributed by atoms with van der Waals surface area (Å²) in [5.74, 6) is 0. The minimum Gasteiger partial charge on any atom is -0.396 e. The van der Waals surface area contributed by atoms with Crippen molar-refractivity contribution in [3.05, 3.63) is 24.2 Å². The fraction of sp³-hybridized carbons (Fsp3) is 0.400. The number of hydrogen-bond acceptors (Lipinski definition) is 4. The predicted molar refractivity (Wildman–Crippen MR) is 57.4 cm³/mol. The molecule has 1 fully saturated rings. The van der Waals surface area contributed by atoms with Gasteiger partial charge in [0.15, 0.2) is 5.65 Å². The topological polar surface area (TPSA) is 68.2 Å². The van der Waals surface area contributed by atoms with Crippen LogP contribution in [0.1, 0.15) is 24.6 Å². The summed E-state index contributed by atoms with van der Waals surface area (Å²) >= 11 is 0. The SMILES string of the molecule is Nc1cnc2cc(C3CCCN3)nn2c1. The summed E-state index contributed by atoms with van der Waals surface area (Å²) < 4.78 is 1.74. The molecule has 0 saturated carbocycles. The lowest BCUT2D eigenvalue weighted by Crippen LogP contribution is -2.13. The number of aromatic nitrogens is 3. The van der Waals surface area contributed by atoms with E-state index in [1.165, 1.54) is 6.42 Å². The van der Waals surface area contributed by atoms with E-state index in [9.17, 15) is 0 Å². The third-order valence-electron chi connectivity index (χ3n) is 2.77. The van der Waals surface area contributed by atoms with Crippen molar-refractivity contribution in [3.63, 3.8) is 0 Å². The molecular weight excluding hydrogens is 190 g/mol. The van der Waals surface area contributed by atoms with E-state index in [0.717, 1.165) is 24.3 Å². The van der Waals surface area contributed by atoms with Gasteiger partial charge in [-0.1, -0.05) is 0 Å². The van der Waals surface area contributed by atoms with E-state index in [1.807, 2.05) is 6.07 Å². The standard InChI is InChI=1S/C10H13N5/c11-7-5-13-10-4-9(14-15(10)6-7)8-2-1-3-12-8/h4-6,8,12H,1-3,11H2. The molecule has 5 heteroatoms. The summed E-state index contributed by atoms with van der Waals surface area (Å²) in [7, 11) is 0. The molecular formula is C10H13N5. The van der Waals surface area contributed by atoms with Crippen LogP contribution in [-0.4, -0.2) is 21.1 Å². The molecule has 0 aliphatic carbocycles. The van der Waals surface area contributed by atoms with Crippen molar-refractivity contribution in [1.82, 2.24) is 19.9 Å². The molecule has 2 aromatic rings. The highest BCUT2D eigenvalue weighted by molar-refractivity contribution is 5.45. The highest BCUT2D eigenvalue weighted by Crippen LogP contribution is 2.22. The molecule has 3 rings (SSSR count). The van der Waals surface area contributed by atoms with E-state index in [-0.39, 0.29) is 0 Å². The van der Waals surface area contributed by atoms with Crippen molar-refractivity contribution < 1.29 is 0 Å². The number of anilines is 1. The van der Waals surface area contributed by atoms with Gasteiger partial charge in [0, 0.05) is 6.07 Å². The number of nitrogens with zero attached hydrogens (tertiary/aromatic N) is 3. The second-order valence-electron chi connectivity index (χ2n) is 3.91. The van der Waals surface area contributed by atoms with Gasteiger partial charge in [-0.3, -0.25) is 0 Å². The smallest absolute Gasteiger partial charge is 0.155 e. The average molecular weight is 203 g/mol. The van der Waals surface area contributed by atoms with Crippen LogP contribution in [0.25, 0.3) is 5.65 Å². The van der Waals surface area contributed by atoms with Gasteiger partial charge in [0.25, 0.3) is 0 Å². The molecule has 1 atom stereocenters. The summed E-state index contributed by atoms with van der Waals surface area (Å²) in [4.78, 5) is 4.22. The second kappa shape index (κ2) is 3.20. The van der Waals surface area contributed by atoms with Crippen molar-refractivity contribution in [2.24, 2.45) is 0 Å². The molecule has 1 unspecified atom stereocenters. The Hall–Kier alpha value is -1.62. The van der Waals surface area contributed by atoms with Gasteiger partial charge in [-0.05, 0) is 19.4 Å². The van der Waals surface area contributed by atoms with Crippen molar-refractivity contribution in [1.29, 1.82) is 0 Å². The fourth-order valence-corrected chi connectivity index (χ4v) is 2.02. The molecule has 2 aromatic heterocycles. The average Bonchev–Trinajstić information content (AvgIpc) is 2.84. The Morgan fingerprint density at radius 1 is 1.53 bits per heavy atom. The van der Waals surface area contributed by atoms with Crippen LogP contribution in [0.4, 0.5) is 5.69 Å². The zero-order valence-electron chi connectivity index (χ0n) is 8.35. The minimum absolute atomic E-state index is 0.382. The number of hydrogen-bond donors (Lipinski definition) is 2. The zero-order chi connectivity index (χ0) is 10.3. The molecule has 3 N–H and O–H groups in total. The maximum Gasteiger partial charge on any atom is 0.155 e. The van der Waals surface area contributed by atoms with Gasteiger partial charge in [-0.2, -0.15) is 5.10 Å². The molecule has 15 heavy (non-hydrogen) atoms. The summed E-state index contributed by atoms with van der Waals surface area (Å²) in [5.41, 5.74) is 8.20. The molecule has 0 amide bonds. The summed E-state index contributed by atoms with van der Waals surface area (Å²) in [5, 5.41) is 7.88. The normalized spacial score (nSPS) is 21.2. The summed E-state index contributed by atoms with van der Waals surface area (Å²) in [6.07, 6.45) is 5.82. The van der Waals surface area contributed by atoms with Gasteiger partial charge in [-0.25, -0.2) is 9.50 Å². The highest BCUT2D eigenvalue weighted by atomic mass is 15.3. The molecule has 78 valence electrons. The van der Waals surface area contributed by atoms with Gasteiger partial charge < -0.3 is 11.1 Å². The molecule has 0 bridgehead atoms. The maximum atomic E-state index is 5.65. The van der Waals surface area contributed by atoms with Crippen LogP contribution in [0.15, 0.2) is 18.5 Å². The molecule has 1 saturated heterocycles. The van der Waals surface area contributed by atoms with E-state index < -0.39 is 0 Å².